The number of piperidine rings is 1. The van der Waals surface area contributed by atoms with Gasteiger partial charge in [-0.2, -0.15) is 0 Å². The number of hydrogen-bond donors (Lipinski definition) is 1. The topological polar surface area (TPSA) is 15.3 Å². The number of nitrogens with one attached hydrogen (secondary N) is 1. The Balaban J connectivity index is 1.46. The van der Waals surface area contributed by atoms with Gasteiger partial charge in [0.25, 0.3) is 0 Å². The molecule has 18 heavy (non-hydrogen) atoms. The number of nitrogens with zero attached hydrogens (tertiary/aromatic N) is 1. The second kappa shape index (κ2) is 5.92. The molecule has 1 heterocycles. The van der Waals surface area contributed by atoms with Crippen molar-refractivity contribution >= 4 is 0 Å². The fourth-order valence-corrected chi connectivity index (χ4v) is 3.95. The molecule has 0 bridgehead atoms. The molecular formula is C16H30N2. The van der Waals surface area contributed by atoms with Gasteiger partial charge in [0.1, 0.15) is 0 Å². The normalized spacial score (nSPS) is 38.8. The maximum absolute atomic E-state index is 3.73. The van der Waals surface area contributed by atoms with E-state index in [1.807, 2.05) is 0 Å². The maximum atomic E-state index is 3.73. The van der Waals surface area contributed by atoms with Crippen molar-refractivity contribution in [2.45, 2.75) is 70.4 Å². The van der Waals surface area contributed by atoms with Gasteiger partial charge in [-0.25, -0.2) is 0 Å². The molecule has 0 spiro atoms. The van der Waals surface area contributed by atoms with Crippen molar-refractivity contribution in [3.05, 3.63) is 0 Å². The van der Waals surface area contributed by atoms with Crippen LogP contribution in [0.5, 0.6) is 0 Å². The predicted octanol–water partition coefficient (Wildman–Crippen LogP) is 3.03. The molecule has 1 N–H and O–H groups in total. The van der Waals surface area contributed by atoms with Crippen LogP contribution in [0.3, 0.4) is 0 Å². The van der Waals surface area contributed by atoms with Crippen molar-refractivity contribution in [3.63, 3.8) is 0 Å². The van der Waals surface area contributed by atoms with E-state index in [-0.39, 0.29) is 0 Å². The molecule has 3 atom stereocenters. The van der Waals surface area contributed by atoms with Crippen molar-refractivity contribution in [1.82, 2.24) is 10.2 Å². The summed E-state index contributed by atoms with van der Waals surface area (Å²) in [5.41, 5.74) is 0. The highest BCUT2D eigenvalue weighted by Crippen LogP contribution is 2.30. The fourth-order valence-electron chi connectivity index (χ4n) is 3.95. The van der Waals surface area contributed by atoms with Crippen LogP contribution in [-0.2, 0) is 0 Å². The lowest BCUT2D eigenvalue weighted by molar-refractivity contribution is 0.0847. The van der Waals surface area contributed by atoms with Gasteiger partial charge < -0.3 is 10.2 Å². The van der Waals surface area contributed by atoms with Crippen molar-refractivity contribution in [2.24, 2.45) is 11.8 Å². The molecule has 0 radical (unpaired) electrons. The molecule has 2 heteroatoms. The summed E-state index contributed by atoms with van der Waals surface area (Å²) in [5, 5.41) is 3.73. The number of rotatable bonds is 4. The van der Waals surface area contributed by atoms with E-state index in [2.05, 4.69) is 17.1 Å². The summed E-state index contributed by atoms with van der Waals surface area (Å²) in [7, 11) is 0. The fraction of sp³-hybridized carbons (Fsp3) is 1.00. The Morgan fingerprint density at radius 3 is 2.72 bits per heavy atom. The Labute approximate surface area is 113 Å². The van der Waals surface area contributed by atoms with Crippen molar-refractivity contribution in [1.29, 1.82) is 0 Å². The number of hydrogen-bond acceptors (Lipinski definition) is 2. The molecule has 0 amide bonds. The SMILES string of the molecule is CC1CCCC(N2CCCC(CNC3CC3)C2)C1. The lowest BCUT2D eigenvalue weighted by Gasteiger charge is -2.41. The zero-order chi connectivity index (χ0) is 12.4. The van der Waals surface area contributed by atoms with Gasteiger partial charge in [0.15, 0.2) is 0 Å². The van der Waals surface area contributed by atoms with Gasteiger partial charge in [-0.3, -0.25) is 0 Å². The Morgan fingerprint density at radius 1 is 1.06 bits per heavy atom. The van der Waals surface area contributed by atoms with Gasteiger partial charge in [-0.15, -0.1) is 0 Å². The zero-order valence-electron chi connectivity index (χ0n) is 12.0. The molecule has 2 saturated carbocycles. The van der Waals surface area contributed by atoms with E-state index in [4.69, 9.17) is 0 Å². The summed E-state index contributed by atoms with van der Waals surface area (Å²) in [6, 6.07) is 1.80. The first-order chi connectivity index (χ1) is 8.81. The van der Waals surface area contributed by atoms with Crippen LogP contribution in [0.15, 0.2) is 0 Å². The van der Waals surface area contributed by atoms with Crippen LogP contribution >= 0.6 is 0 Å². The van der Waals surface area contributed by atoms with Crippen molar-refractivity contribution in [2.75, 3.05) is 19.6 Å². The van der Waals surface area contributed by atoms with Gasteiger partial charge in [0, 0.05) is 18.6 Å². The first kappa shape index (κ1) is 12.9. The van der Waals surface area contributed by atoms with Gasteiger partial charge in [0.2, 0.25) is 0 Å². The number of likely N-dealkylation sites (tertiary alicyclic amines) is 1. The van der Waals surface area contributed by atoms with Gasteiger partial charge >= 0.3 is 0 Å². The summed E-state index contributed by atoms with van der Waals surface area (Å²) >= 11 is 0. The summed E-state index contributed by atoms with van der Waals surface area (Å²) in [4.78, 5) is 2.83. The molecular weight excluding hydrogens is 220 g/mol. The molecule has 0 aromatic heterocycles. The zero-order valence-corrected chi connectivity index (χ0v) is 12.0. The van der Waals surface area contributed by atoms with Crippen molar-refractivity contribution in [3.8, 4) is 0 Å². The van der Waals surface area contributed by atoms with Crippen LogP contribution < -0.4 is 5.32 Å². The molecule has 1 saturated heterocycles. The monoisotopic (exact) mass is 250 g/mol. The smallest absolute Gasteiger partial charge is 0.00979 e. The summed E-state index contributed by atoms with van der Waals surface area (Å²) < 4.78 is 0. The maximum Gasteiger partial charge on any atom is 0.00979 e. The lowest BCUT2D eigenvalue weighted by atomic mass is 9.84. The summed E-state index contributed by atoms with van der Waals surface area (Å²) in [6.07, 6.45) is 11.6. The van der Waals surface area contributed by atoms with Crippen LogP contribution in [0.4, 0.5) is 0 Å². The van der Waals surface area contributed by atoms with Crippen LogP contribution in [0.1, 0.15) is 58.3 Å². The van der Waals surface area contributed by atoms with E-state index in [0.29, 0.717) is 0 Å². The average molecular weight is 250 g/mol. The molecule has 0 aromatic carbocycles. The first-order valence-electron chi connectivity index (χ1n) is 8.28. The van der Waals surface area contributed by atoms with Crippen LogP contribution in [0.2, 0.25) is 0 Å². The second-order valence-electron chi connectivity index (χ2n) is 7.11. The van der Waals surface area contributed by atoms with Gasteiger partial charge in [-0.1, -0.05) is 19.8 Å². The van der Waals surface area contributed by atoms with E-state index in [1.165, 1.54) is 71.0 Å². The highest BCUT2D eigenvalue weighted by atomic mass is 15.2. The van der Waals surface area contributed by atoms with Crippen LogP contribution in [-0.4, -0.2) is 36.6 Å². The largest absolute Gasteiger partial charge is 0.314 e. The molecule has 2 nitrogen and oxygen atoms in total. The van der Waals surface area contributed by atoms with E-state index in [1.54, 1.807) is 0 Å². The average Bonchev–Trinajstić information content (AvgIpc) is 3.21. The molecule has 3 unspecified atom stereocenters. The quantitative estimate of drug-likeness (QED) is 0.825. The predicted molar refractivity (Wildman–Crippen MR) is 76.7 cm³/mol. The van der Waals surface area contributed by atoms with E-state index >= 15 is 0 Å². The second-order valence-corrected chi connectivity index (χ2v) is 7.11. The molecule has 0 aromatic rings. The third-order valence-electron chi connectivity index (χ3n) is 5.25. The van der Waals surface area contributed by atoms with Crippen molar-refractivity contribution < 1.29 is 0 Å². The molecule has 2 aliphatic carbocycles. The third kappa shape index (κ3) is 3.48. The summed E-state index contributed by atoms with van der Waals surface area (Å²) in [5.74, 6) is 1.89. The lowest BCUT2D eigenvalue weighted by Crippen LogP contribution is -2.46. The highest BCUT2D eigenvalue weighted by Gasteiger charge is 2.29. The Morgan fingerprint density at radius 2 is 1.94 bits per heavy atom. The Bertz CT molecular complexity index is 262. The minimum absolute atomic E-state index is 0.884. The van der Waals surface area contributed by atoms with Gasteiger partial charge in [-0.05, 0) is 63.5 Å². The minimum Gasteiger partial charge on any atom is -0.314 e. The molecule has 3 aliphatic rings. The molecule has 3 fully saturated rings. The standard InChI is InChI=1S/C16H30N2/c1-13-4-2-6-16(10-13)18-9-3-5-14(12-18)11-17-15-7-8-15/h13-17H,2-12H2,1H3. The third-order valence-corrected chi connectivity index (χ3v) is 5.25. The Kier molecular flexibility index (Phi) is 4.25. The van der Waals surface area contributed by atoms with Gasteiger partial charge in [0.05, 0.1) is 0 Å². The molecule has 1 aliphatic heterocycles. The van der Waals surface area contributed by atoms with Crippen LogP contribution in [0, 0.1) is 11.8 Å². The molecule has 104 valence electrons. The minimum atomic E-state index is 0.884. The Hall–Kier alpha value is -0.0800. The first-order valence-corrected chi connectivity index (χ1v) is 8.28. The van der Waals surface area contributed by atoms with E-state index < -0.39 is 0 Å². The highest BCUT2D eigenvalue weighted by molar-refractivity contribution is 4.86. The summed E-state index contributed by atoms with van der Waals surface area (Å²) in [6.45, 7) is 6.47. The van der Waals surface area contributed by atoms with E-state index in [0.717, 1.165) is 23.9 Å². The van der Waals surface area contributed by atoms with Crippen LogP contribution in [0.25, 0.3) is 0 Å². The molecule has 3 rings (SSSR count). The van der Waals surface area contributed by atoms with E-state index in [9.17, 15) is 0 Å².